The topological polar surface area (TPSA) is 95.9 Å². The van der Waals surface area contributed by atoms with Crippen molar-refractivity contribution in [2.24, 2.45) is 0 Å². The van der Waals surface area contributed by atoms with Gasteiger partial charge in [0, 0.05) is 12.8 Å². The van der Waals surface area contributed by atoms with Crippen LogP contribution >= 0.6 is 0 Å². The van der Waals surface area contributed by atoms with Crippen LogP contribution in [0.2, 0.25) is 0 Å². The molecule has 1 amide bonds. The third-order valence-corrected chi connectivity index (χ3v) is 13.1. The Balaban J connectivity index is 3.45. The van der Waals surface area contributed by atoms with E-state index in [0.717, 1.165) is 57.8 Å². The van der Waals surface area contributed by atoms with Gasteiger partial charge in [-0.25, -0.2) is 0 Å². The number of hydrogen-bond donors (Lipinski definition) is 3. The van der Waals surface area contributed by atoms with Crippen molar-refractivity contribution in [3.05, 3.63) is 48.6 Å². The van der Waals surface area contributed by atoms with Gasteiger partial charge < -0.3 is 20.3 Å². The molecule has 0 saturated heterocycles. The molecule has 0 aliphatic heterocycles. The summed E-state index contributed by atoms with van der Waals surface area (Å²) in [5.74, 6) is -0.0819. The number of amides is 1. The van der Waals surface area contributed by atoms with E-state index in [2.05, 4.69) is 55.6 Å². The maximum Gasteiger partial charge on any atom is 0.305 e. The predicted octanol–water partition coefficient (Wildman–Crippen LogP) is 17.8. The lowest BCUT2D eigenvalue weighted by atomic mass is 10.0. The highest BCUT2D eigenvalue weighted by Gasteiger charge is 2.18. The van der Waals surface area contributed by atoms with E-state index in [1.54, 1.807) is 6.08 Å². The van der Waals surface area contributed by atoms with Gasteiger partial charge in [-0.3, -0.25) is 9.59 Å². The van der Waals surface area contributed by atoms with Crippen molar-refractivity contribution in [3.63, 3.8) is 0 Å². The summed E-state index contributed by atoms with van der Waals surface area (Å²) in [5.41, 5.74) is 0. The smallest absolute Gasteiger partial charge is 0.305 e. The molecule has 0 aromatic carbocycles. The molecular formula is C60H111NO5. The molecule has 2 unspecified atom stereocenters. The predicted molar refractivity (Wildman–Crippen MR) is 287 cm³/mol. The number of carbonyl (C=O) groups excluding carboxylic acids is 2. The lowest BCUT2D eigenvalue weighted by Crippen LogP contribution is -2.45. The molecule has 0 spiro atoms. The van der Waals surface area contributed by atoms with E-state index < -0.39 is 12.1 Å². The summed E-state index contributed by atoms with van der Waals surface area (Å²) in [5, 5.41) is 23.1. The van der Waals surface area contributed by atoms with Crippen LogP contribution in [0.1, 0.15) is 296 Å². The monoisotopic (exact) mass is 926 g/mol. The lowest BCUT2D eigenvalue weighted by molar-refractivity contribution is -0.143. The van der Waals surface area contributed by atoms with Gasteiger partial charge in [0.05, 0.1) is 25.4 Å². The summed E-state index contributed by atoms with van der Waals surface area (Å²) in [6.45, 7) is 4.84. The van der Waals surface area contributed by atoms with Gasteiger partial charge >= 0.3 is 5.97 Å². The first-order valence-electron chi connectivity index (χ1n) is 28.9. The van der Waals surface area contributed by atoms with Crippen LogP contribution in [-0.2, 0) is 14.3 Å². The first-order valence-corrected chi connectivity index (χ1v) is 28.9. The highest BCUT2D eigenvalue weighted by atomic mass is 16.5. The molecule has 6 heteroatoms. The summed E-state index contributed by atoms with van der Waals surface area (Å²) < 4.78 is 5.47. The van der Waals surface area contributed by atoms with E-state index in [9.17, 15) is 19.8 Å². The van der Waals surface area contributed by atoms with Gasteiger partial charge in [-0.2, -0.15) is 0 Å². The highest BCUT2D eigenvalue weighted by molar-refractivity contribution is 5.76. The van der Waals surface area contributed by atoms with E-state index in [4.69, 9.17) is 4.74 Å². The molecule has 0 heterocycles. The molecule has 386 valence electrons. The Morgan fingerprint density at radius 1 is 0.424 bits per heavy atom. The Labute approximate surface area is 410 Å². The zero-order valence-electron chi connectivity index (χ0n) is 43.9. The van der Waals surface area contributed by atoms with E-state index in [0.29, 0.717) is 19.4 Å². The Morgan fingerprint density at radius 3 is 1.21 bits per heavy atom. The number of unbranched alkanes of at least 4 members (excludes halogenated alkanes) is 36. The number of ether oxygens (including phenoxy) is 1. The molecule has 0 aliphatic rings. The van der Waals surface area contributed by atoms with Crippen LogP contribution in [0, 0.1) is 0 Å². The van der Waals surface area contributed by atoms with Crippen molar-refractivity contribution < 1.29 is 24.5 Å². The number of carbonyl (C=O) groups is 2. The van der Waals surface area contributed by atoms with Gasteiger partial charge in [0.15, 0.2) is 0 Å². The Hall–Kier alpha value is -2.18. The number of aliphatic hydroxyl groups excluding tert-OH is 2. The molecule has 2 atom stereocenters. The number of allylic oxidation sites excluding steroid dienone is 7. The Kier molecular flexibility index (Phi) is 53.6. The minimum Gasteiger partial charge on any atom is -0.466 e. The Bertz CT molecular complexity index is 1110. The molecule has 0 saturated carbocycles. The maximum absolute atomic E-state index is 12.4. The first kappa shape index (κ1) is 63.8. The van der Waals surface area contributed by atoms with Crippen molar-refractivity contribution >= 4 is 11.9 Å². The molecule has 0 aliphatic carbocycles. The van der Waals surface area contributed by atoms with E-state index in [1.165, 1.54) is 212 Å². The minimum absolute atomic E-state index is 0.00590. The fourth-order valence-electron chi connectivity index (χ4n) is 8.59. The van der Waals surface area contributed by atoms with E-state index >= 15 is 0 Å². The molecule has 0 radical (unpaired) electrons. The fraction of sp³-hybridized carbons (Fsp3) is 0.833. The van der Waals surface area contributed by atoms with Crippen molar-refractivity contribution in [2.45, 2.75) is 309 Å². The average Bonchev–Trinajstić information content (AvgIpc) is 3.32. The van der Waals surface area contributed by atoms with Crippen LogP contribution in [0.5, 0.6) is 0 Å². The second-order valence-electron chi connectivity index (χ2n) is 19.6. The summed E-state index contributed by atoms with van der Waals surface area (Å²) >= 11 is 0. The Morgan fingerprint density at radius 2 is 0.773 bits per heavy atom. The minimum atomic E-state index is -0.849. The van der Waals surface area contributed by atoms with Crippen LogP contribution in [0.25, 0.3) is 0 Å². The number of hydrogen-bond acceptors (Lipinski definition) is 5. The van der Waals surface area contributed by atoms with E-state index in [-0.39, 0.29) is 18.5 Å². The molecular weight excluding hydrogens is 815 g/mol. The third kappa shape index (κ3) is 51.2. The van der Waals surface area contributed by atoms with Crippen LogP contribution in [0.4, 0.5) is 0 Å². The van der Waals surface area contributed by atoms with Gasteiger partial charge in [0.25, 0.3) is 0 Å². The summed E-state index contributed by atoms with van der Waals surface area (Å²) in [7, 11) is 0. The largest absolute Gasteiger partial charge is 0.466 e. The fourth-order valence-corrected chi connectivity index (χ4v) is 8.59. The molecule has 3 N–H and O–H groups in total. The van der Waals surface area contributed by atoms with Crippen molar-refractivity contribution in [2.75, 3.05) is 13.2 Å². The molecule has 0 aromatic heterocycles. The van der Waals surface area contributed by atoms with Crippen molar-refractivity contribution in [3.8, 4) is 0 Å². The van der Waals surface area contributed by atoms with Gasteiger partial charge in [0.1, 0.15) is 0 Å². The van der Waals surface area contributed by atoms with Crippen LogP contribution in [0.15, 0.2) is 48.6 Å². The summed E-state index contributed by atoms with van der Waals surface area (Å²) in [6.07, 6.45) is 69.9. The maximum atomic E-state index is 12.4. The first-order chi connectivity index (χ1) is 32.5. The van der Waals surface area contributed by atoms with Crippen LogP contribution in [0.3, 0.4) is 0 Å². The normalized spacial score (nSPS) is 13.0. The molecule has 0 fully saturated rings. The van der Waals surface area contributed by atoms with E-state index in [1.807, 2.05) is 6.08 Å². The van der Waals surface area contributed by atoms with Gasteiger partial charge in [-0.15, -0.1) is 0 Å². The van der Waals surface area contributed by atoms with Crippen molar-refractivity contribution in [1.82, 2.24) is 5.32 Å². The molecule has 66 heavy (non-hydrogen) atoms. The number of aliphatic hydroxyl groups is 2. The lowest BCUT2D eigenvalue weighted by Gasteiger charge is -2.20. The standard InChI is InChI=1S/C60H111NO5/c1-3-5-7-9-11-13-15-17-30-34-38-42-46-50-54-60(65)66-55-51-47-43-39-35-31-27-25-23-21-19-18-20-22-24-26-29-33-37-41-45-49-53-59(64)61-57(56-62)58(63)52-48-44-40-36-32-28-16-14-12-10-8-6-4-2/h9,11,15,17,20,22,48,52,57-58,62-63H,3-8,10,12-14,16,18-19,21,23-47,49-51,53-56H2,1-2H3,(H,61,64)/b11-9-,17-15-,22-20-,52-48+. The zero-order chi connectivity index (χ0) is 47.9. The SMILES string of the molecule is CCCC/C=C\C/C=C\CCCCCCCC(=O)OCCCCCCCCCCCCC/C=C\CCCCCCCCCC(=O)NC(CO)C(O)/C=C/CCCCCCCCCCCCC. The third-order valence-electron chi connectivity index (χ3n) is 13.1. The van der Waals surface area contributed by atoms with Crippen LogP contribution in [-0.4, -0.2) is 47.4 Å². The van der Waals surface area contributed by atoms with Crippen LogP contribution < -0.4 is 5.32 Å². The second-order valence-corrected chi connectivity index (χ2v) is 19.6. The molecule has 0 aromatic rings. The molecule has 6 nitrogen and oxygen atoms in total. The van der Waals surface area contributed by atoms with Gasteiger partial charge in [-0.1, -0.05) is 249 Å². The quantitative estimate of drug-likeness (QED) is 0.0321. The summed E-state index contributed by atoms with van der Waals surface area (Å²) in [4.78, 5) is 24.5. The van der Waals surface area contributed by atoms with Gasteiger partial charge in [-0.05, 0) is 83.5 Å². The zero-order valence-corrected chi connectivity index (χ0v) is 43.9. The number of esters is 1. The molecule has 0 bridgehead atoms. The van der Waals surface area contributed by atoms with Gasteiger partial charge in [0.2, 0.25) is 5.91 Å². The second kappa shape index (κ2) is 55.4. The molecule has 0 rings (SSSR count). The average molecular weight is 927 g/mol. The number of rotatable bonds is 53. The highest BCUT2D eigenvalue weighted by Crippen LogP contribution is 2.16. The van der Waals surface area contributed by atoms with Crippen molar-refractivity contribution in [1.29, 1.82) is 0 Å². The number of nitrogens with one attached hydrogen (secondary N) is 1. The summed E-state index contributed by atoms with van der Waals surface area (Å²) in [6, 6.07) is -0.633.